The smallest absolute Gasteiger partial charge is 0.149 e. The van der Waals surface area contributed by atoms with Crippen LogP contribution in [0.2, 0.25) is 5.02 Å². The summed E-state index contributed by atoms with van der Waals surface area (Å²) in [5.74, 6) is 0.708. The molecule has 1 fully saturated rings. The van der Waals surface area contributed by atoms with Gasteiger partial charge in [-0.1, -0.05) is 43.0 Å². The molecule has 0 atom stereocenters. The number of hydrogen-bond donors (Lipinski definition) is 0. The van der Waals surface area contributed by atoms with Crippen molar-refractivity contribution in [1.29, 1.82) is 0 Å². The van der Waals surface area contributed by atoms with Gasteiger partial charge in [0.2, 0.25) is 0 Å². The lowest BCUT2D eigenvalue weighted by molar-refractivity contribution is -0.124. The van der Waals surface area contributed by atoms with Crippen molar-refractivity contribution >= 4 is 17.4 Å². The number of likely N-dealkylation sites (N-methyl/N-ethyl adjacent to an activating group) is 1. The molecule has 104 valence electrons. The first-order valence-corrected chi connectivity index (χ1v) is 7.48. The first-order valence-electron chi connectivity index (χ1n) is 7.11. The van der Waals surface area contributed by atoms with E-state index in [-0.39, 0.29) is 0 Å². The van der Waals surface area contributed by atoms with Crippen LogP contribution in [0.3, 0.4) is 0 Å². The second kappa shape index (κ2) is 7.06. The molecular formula is C16H22ClNO. The van der Waals surface area contributed by atoms with Gasteiger partial charge in [0, 0.05) is 17.5 Å². The van der Waals surface area contributed by atoms with Gasteiger partial charge in [-0.3, -0.25) is 9.69 Å². The third-order valence-corrected chi connectivity index (χ3v) is 4.06. The fraction of sp³-hybridized carbons (Fsp3) is 0.562. The van der Waals surface area contributed by atoms with Crippen molar-refractivity contribution in [1.82, 2.24) is 4.90 Å². The molecule has 0 amide bonds. The number of hydrogen-bond acceptors (Lipinski definition) is 2. The van der Waals surface area contributed by atoms with Crippen LogP contribution < -0.4 is 0 Å². The van der Waals surface area contributed by atoms with Crippen LogP contribution in [-0.2, 0) is 11.3 Å². The predicted molar refractivity (Wildman–Crippen MR) is 79.4 cm³/mol. The molecule has 0 unspecified atom stereocenters. The molecule has 0 heterocycles. The zero-order valence-corrected chi connectivity index (χ0v) is 12.3. The van der Waals surface area contributed by atoms with Crippen LogP contribution in [0.5, 0.6) is 0 Å². The fourth-order valence-electron chi connectivity index (χ4n) is 2.82. The lowest BCUT2D eigenvalue weighted by Crippen LogP contribution is -2.31. The Morgan fingerprint density at radius 1 is 1.32 bits per heavy atom. The van der Waals surface area contributed by atoms with Gasteiger partial charge in [-0.15, -0.1) is 0 Å². The molecule has 0 spiro atoms. The maximum atomic E-state index is 12.2. The third-order valence-electron chi connectivity index (χ3n) is 3.83. The molecule has 0 aromatic heterocycles. The number of benzene rings is 1. The van der Waals surface area contributed by atoms with E-state index in [1.54, 1.807) is 0 Å². The largest absolute Gasteiger partial charge is 0.298 e. The molecule has 3 heteroatoms. The fourth-order valence-corrected chi connectivity index (χ4v) is 3.04. The molecular weight excluding hydrogens is 258 g/mol. The van der Waals surface area contributed by atoms with Gasteiger partial charge in [0.1, 0.15) is 5.78 Å². The molecule has 0 aliphatic heterocycles. The summed E-state index contributed by atoms with van der Waals surface area (Å²) in [6.45, 7) is 1.33. The highest BCUT2D eigenvalue weighted by Gasteiger charge is 2.21. The van der Waals surface area contributed by atoms with Gasteiger partial charge in [-0.25, -0.2) is 0 Å². The Hall–Kier alpha value is -0.860. The number of ketones is 1. The monoisotopic (exact) mass is 279 g/mol. The van der Waals surface area contributed by atoms with Crippen LogP contribution in [-0.4, -0.2) is 24.3 Å². The van der Waals surface area contributed by atoms with Crippen LogP contribution in [0, 0.1) is 5.92 Å². The molecule has 2 rings (SSSR count). The summed E-state index contributed by atoms with van der Waals surface area (Å²) in [6.07, 6.45) is 5.90. The van der Waals surface area contributed by atoms with E-state index in [4.69, 9.17) is 11.6 Å². The molecule has 0 saturated heterocycles. The maximum Gasteiger partial charge on any atom is 0.149 e. The Balaban J connectivity index is 1.83. The van der Waals surface area contributed by atoms with Crippen LogP contribution in [0.4, 0.5) is 0 Å². The van der Waals surface area contributed by atoms with Crippen LogP contribution in [0.1, 0.15) is 37.7 Å². The summed E-state index contributed by atoms with van der Waals surface area (Å²) in [6, 6.07) is 7.84. The van der Waals surface area contributed by atoms with Crippen LogP contribution in [0.25, 0.3) is 0 Å². The molecule has 1 aliphatic rings. The van der Waals surface area contributed by atoms with E-state index in [9.17, 15) is 4.79 Å². The highest BCUT2D eigenvalue weighted by atomic mass is 35.5. The minimum Gasteiger partial charge on any atom is -0.298 e. The average Bonchev–Trinajstić information content (AvgIpc) is 2.39. The van der Waals surface area contributed by atoms with Crippen molar-refractivity contribution < 1.29 is 4.79 Å². The Bertz CT molecular complexity index is 427. The van der Waals surface area contributed by atoms with E-state index >= 15 is 0 Å². The van der Waals surface area contributed by atoms with Gasteiger partial charge < -0.3 is 0 Å². The van der Waals surface area contributed by atoms with Gasteiger partial charge in [0.25, 0.3) is 0 Å². The summed E-state index contributed by atoms with van der Waals surface area (Å²) in [4.78, 5) is 14.3. The summed E-state index contributed by atoms with van der Waals surface area (Å²) in [5, 5.41) is 0.754. The zero-order chi connectivity index (χ0) is 13.7. The van der Waals surface area contributed by atoms with Gasteiger partial charge in [-0.05, 0) is 37.6 Å². The molecule has 1 aromatic carbocycles. The summed E-state index contributed by atoms with van der Waals surface area (Å²) in [5.41, 5.74) is 1.16. The topological polar surface area (TPSA) is 20.3 Å². The van der Waals surface area contributed by atoms with Crippen LogP contribution in [0.15, 0.2) is 24.3 Å². The number of carbonyl (C=O) groups excluding carboxylic acids is 1. The van der Waals surface area contributed by atoms with Crippen molar-refractivity contribution in [3.05, 3.63) is 34.9 Å². The van der Waals surface area contributed by atoms with Crippen molar-refractivity contribution in [2.45, 2.75) is 38.6 Å². The number of rotatable bonds is 5. The Morgan fingerprint density at radius 3 is 2.74 bits per heavy atom. The lowest BCUT2D eigenvalue weighted by atomic mass is 9.86. The van der Waals surface area contributed by atoms with Crippen molar-refractivity contribution in [2.24, 2.45) is 5.92 Å². The molecule has 1 aliphatic carbocycles. The second-order valence-corrected chi connectivity index (χ2v) is 6.04. The standard InChI is InChI=1S/C16H22ClNO/c1-18(11-13-6-5-9-15(17)10-13)12-16(19)14-7-3-2-4-8-14/h5-6,9-10,14H,2-4,7-8,11-12H2,1H3. The van der Waals surface area contributed by atoms with Crippen molar-refractivity contribution in [2.75, 3.05) is 13.6 Å². The molecule has 0 bridgehead atoms. The Labute approximate surface area is 120 Å². The Kier molecular flexibility index (Phi) is 5.41. The van der Waals surface area contributed by atoms with E-state index < -0.39 is 0 Å². The molecule has 2 nitrogen and oxygen atoms in total. The quantitative estimate of drug-likeness (QED) is 0.814. The van der Waals surface area contributed by atoms with E-state index in [2.05, 4.69) is 4.90 Å². The molecule has 19 heavy (non-hydrogen) atoms. The average molecular weight is 280 g/mol. The Morgan fingerprint density at radius 2 is 2.05 bits per heavy atom. The first-order chi connectivity index (χ1) is 9.15. The number of nitrogens with zero attached hydrogens (tertiary/aromatic N) is 1. The van der Waals surface area contributed by atoms with Gasteiger partial charge >= 0.3 is 0 Å². The first kappa shape index (κ1) is 14.5. The minimum absolute atomic E-state index is 0.301. The predicted octanol–water partition coefficient (Wildman–Crippen LogP) is 3.92. The SMILES string of the molecule is CN(CC(=O)C1CCCCC1)Cc1cccc(Cl)c1. The van der Waals surface area contributed by atoms with Gasteiger partial charge in [-0.2, -0.15) is 0 Å². The molecule has 0 N–H and O–H groups in total. The van der Waals surface area contributed by atoms with Gasteiger partial charge in [0.05, 0.1) is 6.54 Å². The summed E-state index contributed by atoms with van der Waals surface area (Å²) >= 11 is 5.97. The van der Waals surface area contributed by atoms with Crippen molar-refractivity contribution in [3.63, 3.8) is 0 Å². The van der Waals surface area contributed by atoms with E-state index in [1.165, 1.54) is 19.3 Å². The van der Waals surface area contributed by atoms with E-state index in [0.717, 1.165) is 30.0 Å². The number of halogens is 1. The van der Waals surface area contributed by atoms with E-state index in [0.29, 0.717) is 18.2 Å². The highest BCUT2D eigenvalue weighted by Crippen LogP contribution is 2.24. The number of Topliss-reactive ketones (excluding diaryl/α,β-unsaturated/α-hetero) is 1. The number of carbonyl (C=O) groups is 1. The molecule has 0 radical (unpaired) electrons. The minimum atomic E-state index is 0.301. The lowest BCUT2D eigenvalue weighted by Gasteiger charge is -2.23. The highest BCUT2D eigenvalue weighted by molar-refractivity contribution is 6.30. The molecule has 1 aromatic rings. The summed E-state index contributed by atoms with van der Waals surface area (Å²) in [7, 11) is 2.00. The van der Waals surface area contributed by atoms with Gasteiger partial charge in [0.15, 0.2) is 0 Å². The normalized spacial score (nSPS) is 16.8. The van der Waals surface area contributed by atoms with Crippen LogP contribution >= 0.6 is 11.6 Å². The second-order valence-electron chi connectivity index (χ2n) is 5.60. The summed E-state index contributed by atoms with van der Waals surface area (Å²) < 4.78 is 0. The van der Waals surface area contributed by atoms with Crippen molar-refractivity contribution in [3.8, 4) is 0 Å². The van der Waals surface area contributed by atoms with E-state index in [1.807, 2.05) is 31.3 Å². The maximum absolute atomic E-state index is 12.2. The zero-order valence-electron chi connectivity index (χ0n) is 11.6. The molecule has 1 saturated carbocycles. The third kappa shape index (κ3) is 4.63.